The Kier molecular flexibility index (Phi) is 6.30. The monoisotopic (exact) mass is 360 g/mol. The van der Waals surface area contributed by atoms with Crippen molar-refractivity contribution in [2.75, 3.05) is 6.54 Å². The fraction of sp³-hybridized carbons (Fsp3) is 0.312. The fourth-order valence-corrected chi connectivity index (χ4v) is 2.35. The average molecular weight is 361 g/mol. The van der Waals surface area contributed by atoms with E-state index in [4.69, 9.17) is 23.2 Å². The van der Waals surface area contributed by atoms with E-state index < -0.39 is 12.5 Å². The number of aliphatic hydroxyl groups excluding tert-OH is 1. The maximum atomic E-state index is 12.5. The van der Waals surface area contributed by atoms with Crippen LogP contribution in [0, 0.1) is 0 Å². The molecule has 1 aromatic heterocycles. The van der Waals surface area contributed by atoms with Crippen molar-refractivity contribution in [3.8, 4) is 0 Å². The van der Waals surface area contributed by atoms with Gasteiger partial charge in [0.05, 0.1) is 16.1 Å². The molecule has 0 fully saturated rings. The Balaban J connectivity index is 1.95. The number of nitrogens with zero attached hydrogens (tertiary/aromatic N) is 1. The maximum absolute atomic E-state index is 12.5. The first-order valence-corrected chi connectivity index (χ1v) is 7.74. The molecule has 0 saturated carbocycles. The summed E-state index contributed by atoms with van der Waals surface area (Å²) < 4.78 is 24.9. The molecule has 2 rings (SSSR count). The van der Waals surface area contributed by atoms with Gasteiger partial charge in [-0.2, -0.15) is 0 Å². The van der Waals surface area contributed by atoms with Gasteiger partial charge in [-0.05, 0) is 36.2 Å². The third-order valence-corrected chi connectivity index (χ3v) is 4.22. The highest BCUT2D eigenvalue weighted by atomic mass is 35.5. The number of rotatable bonds is 6. The van der Waals surface area contributed by atoms with Crippen LogP contribution in [0.5, 0.6) is 0 Å². The highest BCUT2D eigenvalue weighted by Gasteiger charge is 2.13. The van der Waals surface area contributed by atoms with Gasteiger partial charge in [0.25, 0.3) is 6.43 Å². The number of hydrogen-bond acceptors (Lipinski definition) is 3. The van der Waals surface area contributed by atoms with E-state index >= 15 is 0 Å². The highest BCUT2D eigenvalue weighted by Crippen LogP contribution is 2.26. The normalized spacial score (nSPS) is 14.0. The predicted molar refractivity (Wildman–Crippen MR) is 87.0 cm³/mol. The molecule has 1 heterocycles. The van der Waals surface area contributed by atoms with Crippen molar-refractivity contribution in [3.05, 3.63) is 63.4 Å². The van der Waals surface area contributed by atoms with Crippen LogP contribution in [0.1, 0.15) is 42.3 Å². The first-order chi connectivity index (χ1) is 10.9. The Morgan fingerprint density at radius 2 is 1.83 bits per heavy atom. The lowest BCUT2D eigenvalue weighted by atomic mass is 10.1. The molecular formula is C16H16Cl2F2N2O. The molecule has 2 unspecified atom stereocenters. The number of halogens is 4. The number of aliphatic hydroxyl groups is 1. The molecule has 0 aliphatic carbocycles. The molecule has 0 bridgehead atoms. The van der Waals surface area contributed by atoms with E-state index in [1.807, 2.05) is 6.92 Å². The van der Waals surface area contributed by atoms with Gasteiger partial charge >= 0.3 is 0 Å². The minimum atomic E-state index is -2.58. The summed E-state index contributed by atoms with van der Waals surface area (Å²) in [6.45, 7) is 2.14. The minimum absolute atomic E-state index is 0.147. The second kappa shape index (κ2) is 8.02. The SMILES string of the molecule is CC(NCC(O)c1ccc(Cl)c(Cl)c1)c1ccc(C(F)F)nc1. The molecular weight excluding hydrogens is 345 g/mol. The quantitative estimate of drug-likeness (QED) is 0.783. The lowest BCUT2D eigenvalue weighted by Crippen LogP contribution is -2.24. The van der Waals surface area contributed by atoms with Gasteiger partial charge < -0.3 is 10.4 Å². The van der Waals surface area contributed by atoms with Crippen molar-refractivity contribution in [1.82, 2.24) is 10.3 Å². The summed E-state index contributed by atoms with van der Waals surface area (Å²) >= 11 is 11.8. The van der Waals surface area contributed by atoms with Gasteiger partial charge in [0.15, 0.2) is 0 Å². The van der Waals surface area contributed by atoms with Crippen LogP contribution in [0.15, 0.2) is 36.5 Å². The largest absolute Gasteiger partial charge is 0.387 e. The Bertz CT molecular complexity index is 653. The zero-order valence-corrected chi connectivity index (χ0v) is 13.8. The molecule has 0 saturated heterocycles. The lowest BCUT2D eigenvalue weighted by molar-refractivity contribution is 0.146. The van der Waals surface area contributed by atoms with E-state index in [-0.39, 0.29) is 18.3 Å². The van der Waals surface area contributed by atoms with Crippen molar-refractivity contribution >= 4 is 23.2 Å². The molecule has 23 heavy (non-hydrogen) atoms. The van der Waals surface area contributed by atoms with Crippen LogP contribution in [0.2, 0.25) is 10.0 Å². The number of alkyl halides is 2. The summed E-state index contributed by atoms with van der Waals surface area (Å²) in [5.41, 5.74) is 1.15. The highest BCUT2D eigenvalue weighted by molar-refractivity contribution is 6.42. The topological polar surface area (TPSA) is 45.1 Å². The summed E-state index contributed by atoms with van der Waals surface area (Å²) in [6.07, 6.45) is -1.94. The van der Waals surface area contributed by atoms with E-state index in [0.717, 1.165) is 5.56 Å². The molecule has 2 aromatic rings. The summed E-state index contributed by atoms with van der Waals surface area (Å²) in [5.74, 6) is 0. The van der Waals surface area contributed by atoms with Crippen LogP contribution in [0.4, 0.5) is 8.78 Å². The first kappa shape index (κ1) is 18.1. The zero-order valence-electron chi connectivity index (χ0n) is 12.3. The number of nitrogens with one attached hydrogen (secondary N) is 1. The molecule has 0 radical (unpaired) electrons. The van der Waals surface area contributed by atoms with Crippen molar-refractivity contribution in [2.24, 2.45) is 0 Å². The minimum Gasteiger partial charge on any atom is -0.387 e. The van der Waals surface area contributed by atoms with Crippen molar-refractivity contribution in [3.63, 3.8) is 0 Å². The van der Waals surface area contributed by atoms with Gasteiger partial charge in [-0.25, -0.2) is 8.78 Å². The third kappa shape index (κ3) is 4.85. The number of hydrogen-bond donors (Lipinski definition) is 2. The van der Waals surface area contributed by atoms with Crippen molar-refractivity contribution in [1.29, 1.82) is 0 Å². The lowest BCUT2D eigenvalue weighted by Gasteiger charge is -2.18. The third-order valence-electron chi connectivity index (χ3n) is 3.48. The molecule has 124 valence electrons. The Morgan fingerprint density at radius 3 is 2.39 bits per heavy atom. The summed E-state index contributed by atoms with van der Waals surface area (Å²) in [7, 11) is 0. The van der Waals surface area contributed by atoms with Gasteiger partial charge in [-0.1, -0.05) is 35.3 Å². The summed E-state index contributed by atoms with van der Waals surface area (Å²) in [5, 5.41) is 14.1. The van der Waals surface area contributed by atoms with E-state index in [1.165, 1.54) is 12.3 Å². The zero-order chi connectivity index (χ0) is 17.0. The molecule has 2 N–H and O–H groups in total. The standard InChI is InChI=1S/C16H16Cl2F2N2O/c1-9(11-3-5-14(16(19)20)22-7-11)21-8-15(23)10-2-4-12(17)13(18)6-10/h2-7,9,15-16,21,23H,8H2,1H3. The Morgan fingerprint density at radius 1 is 1.13 bits per heavy atom. The van der Waals surface area contributed by atoms with Crippen LogP contribution >= 0.6 is 23.2 Å². The number of benzene rings is 1. The van der Waals surface area contributed by atoms with Crippen LogP contribution in [-0.4, -0.2) is 16.6 Å². The van der Waals surface area contributed by atoms with E-state index in [9.17, 15) is 13.9 Å². The Labute approximate surface area is 143 Å². The smallest absolute Gasteiger partial charge is 0.280 e. The van der Waals surface area contributed by atoms with Gasteiger partial charge in [-0.15, -0.1) is 0 Å². The van der Waals surface area contributed by atoms with Crippen molar-refractivity contribution in [2.45, 2.75) is 25.5 Å². The maximum Gasteiger partial charge on any atom is 0.280 e. The molecule has 2 atom stereocenters. The molecule has 3 nitrogen and oxygen atoms in total. The van der Waals surface area contributed by atoms with Crippen LogP contribution < -0.4 is 5.32 Å². The molecule has 7 heteroatoms. The molecule has 0 aliphatic rings. The van der Waals surface area contributed by atoms with E-state index in [0.29, 0.717) is 15.6 Å². The second-order valence-corrected chi connectivity index (χ2v) is 5.95. The summed E-state index contributed by atoms with van der Waals surface area (Å²) in [4.78, 5) is 3.72. The molecule has 1 aromatic carbocycles. The summed E-state index contributed by atoms with van der Waals surface area (Å²) in [6, 6.07) is 7.68. The predicted octanol–water partition coefficient (Wildman–Crippen LogP) is 4.71. The van der Waals surface area contributed by atoms with Crippen LogP contribution in [-0.2, 0) is 0 Å². The molecule has 0 spiro atoms. The van der Waals surface area contributed by atoms with Gasteiger partial charge in [0.2, 0.25) is 0 Å². The van der Waals surface area contributed by atoms with Gasteiger partial charge in [0, 0.05) is 18.8 Å². The molecule has 0 amide bonds. The molecule has 0 aliphatic heterocycles. The first-order valence-electron chi connectivity index (χ1n) is 6.99. The van der Waals surface area contributed by atoms with Crippen molar-refractivity contribution < 1.29 is 13.9 Å². The van der Waals surface area contributed by atoms with E-state index in [1.54, 1.807) is 24.3 Å². The average Bonchev–Trinajstić information content (AvgIpc) is 2.54. The fourth-order valence-electron chi connectivity index (χ4n) is 2.05. The van der Waals surface area contributed by atoms with Gasteiger partial charge in [-0.3, -0.25) is 4.98 Å². The second-order valence-electron chi connectivity index (χ2n) is 5.14. The van der Waals surface area contributed by atoms with Crippen LogP contribution in [0.3, 0.4) is 0 Å². The number of pyridine rings is 1. The van der Waals surface area contributed by atoms with Crippen LogP contribution in [0.25, 0.3) is 0 Å². The Hall–Kier alpha value is -1.27. The van der Waals surface area contributed by atoms with E-state index in [2.05, 4.69) is 10.3 Å². The number of aromatic nitrogens is 1. The van der Waals surface area contributed by atoms with Gasteiger partial charge in [0.1, 0.15) is 5.69 Å².